The van der Waals surface area contributed by atoms with Crippen LogP contribution in [-0.2, 0) is 13.1 Å². The molecular formula is C18H32N2O. The predicted octanol–water partition coefficient (Wildman–Crippen LogP) is 4.10. The van der Waals surface area contributed by atoms with Crippen molar-refractivity contribution in [3.05, 3.63) is 23.2 Å². The highest BCUT2D eigenvalue weighted by molar-refractivity contribution is 5.21. The fourth-order valence-electron chi connectivity index (χ4n) is 2.61. The lowest BCUT2D eigenvalue weighted by molar-refractivity contribution is 0.238. The van der Waals surface area contributed by atoms with Crippen molar-refractivity contribution in [3.63, 3.8) is 0 Å². The second-order valence-electron chi connectivity index (χ2n) is 7.21. The van der Waals surface area contributed by atoms with Crippen LogP contribution in [0.3, 0.4) is 0 Å². The number of rotatable bonds is 9. The lowest BCUT2D eigenvalue weighted by Crippen LogP contribution is -2.27. The molecule has 0 amide bonds. The first-order chi connectivity index (χ1) is 9.95. The Morgan fingerprint density at radius 2 is 2.00 bits per heavy atom. The van der Waals surface area contributed by atoms with Crippen molar-refractivity contribution in [1.82, 2.24) is 10.2 Å². The molecule has 1 aliphatic carbocycles. The molecule has 0 bridgehead atoms. The number of hydrogen-bond acceptors (Lipinski definition) is 3. The van der Waals surface area contributed by atoms with Crippen LogP contribution in [0.1, 0.15) is 64.0 Å². The minimum absolute atomic E-state index is 0.493. The van der Waals surface area contributed by atoms with E-state index in [9.17, 15) is 0 Å². The number of nitrogens with zero attached hydrogens (tertiary/aromatic N) is 1. The van der Waals surface area contributed by atoms with Gasteiger partial charge in [0.15, 0.2) is 0 Å². The molecule has 1 aromatic heterocycles. The molecule has 0 saturated heterocycles. The van der Waals surface area contributed by atoms with E-state index >= 15 is 0 Å². The summed E-state index contributed by atoms with van der Waals surface area (Å²) in [6, 6.07) is 3.55. The van der Waals surface area contributed by atoms with Gasteiger partial charge in [0.05, 0.1) is 6.54 Å². The van der Waals surface area contributed by atoms with Crippen molar-refractivity contribution >= 4 is 0 Å². The Balaban J connectivity index is 1.93. The highest BCUT2D eigenvalue weighted by atomic mass is 16.3. The van der Waals surface area contributed by atoms with Crippen molar-refractivity contribution in [2.45, 2.75) is 79.1 Å². The average molecular weight is 292 g/mol. The lowest BCUT2D eigenvalue weighted by atomic mass is 10.1. The monoisotopic (exact) mass is 292 g/mol. The molecule has 1 aromatic rings. The summed E-state index contributed by atoms with van der Waals surface area (Å²) in [5.74, 6) is 2.93. The van der Waals surface area contributed by atoms with Gasteiger partial charge in [-0.1, -0.05) is 27.7 Å². The third-order valence-corrected chi connectivity index (χ3v) is 4.19. The Morgan fingerprint density at radius 1 is 1.29 bits per heavy atom. The maximum absolute atomic E-state index is 5.90. The van der Waals surface area contributed by atoms with Crippen LogP contribution in [0.5, 0.6) is 0 Å². The fourth-order valence-corrected chi connectivity index (χ4v) is 2.61. The van der Waals surface area contributed by atoms with E-state index in [1.165, 1.54) is 31.4 Å². The molecule has 0 aromatic carbocycles. The summed E-state index contributed by atoms with van der Waals surface area (Å²) in [7, 11) is 0. The van der Waals surface area contributed by atoms with Crippen LogP contribution in [0.15, 0.2) is 10.5 Å². The van der Waals surface area contributed by atoms with Gasteiger partial charge in [-0.2, -0.15) is 0 Å². The Bertz CT molecular complexity index is 432. The van der Waals surface area contributed by atoms with Gasteiger partial charge >= 0.3 is 0 Å². The molecule has 3 heteroatoms. The molecule has 0 aliphatic heterocycles. The van der Waals surface area contributed by atoms with Gasteiger partial charge in [-0.25, -0.2) is 0 Å². The highest BCUT2D eigenvalue weighted by Crippen LogP contribution is 2.30. The summed E-state index contributed by atoms with van der Waals surface area (Å²) in [4.78, 5) is 2.65. The standard InChI is InChI=1S/C18H32N2O/c1-13(2)8-9-20(17-6-7-17)12-16-10-18(21-15(16)5)11-19-14(3)4/h10,13-14,17,19H,6-9,11-12H2,1-5H3. The summed E-state index contributed by atoms with van der Waals surface area (Å²) in [5.41, 5.74) is 1.37. The highest BCUT2D eigenvalue weighted by Gasteiger charge is 2.29. The molecule has 1 heterocycles. The summed E-state index contributed by atoms with van der Waals surface area (Å²) < 4.78 is 5.90. The molecule has 0 unspecified atom stereocenters. The van der Waals surface area contributed by atoms with Crippen molar-refractivity contribution in [2.75, 3.05) is 6.54 Å². The van der Waals surface area contributed by atoms with Crippen LogP contribution in [0.25, 0.3) is 0 Å². The zero-order chi connectivity index (χ0) is 15.4. The largest absolute Gasteiger partial charge is 0.465 e. The Kier molecular flexibility index (Phi) is 5.88. The first kappa shape index (κ1) is 16.6. The van der Waals surface area contributed by atoms with E-state index in [4.69, 9.17) is 4.42 Å². The molecule has 2 rings (SSSR count). The molecule has 1 fully saturated rings. The van der Waals surface area contributed by atoms with Crippen molar-refractivity contribution in [3.8, 4) is 0 Å². The van der Waals surface area contributed by atoms with Gasteiger partial charge in [-0.3, -0.25) is 4.90 Å². The first-order valence-electron chi connectivity index (χ1n) is 8.51. The molecule has 120 valence electrons. The summed E-state index contributed by atoms with van der Waals surface area (Å²) in [6.45, 7) is 14.1. The van der Waals surface area contributed by atoms with Gasteiger partial charge in [-0.05, 0) is 44.7 Å². The molecule has 0 radical (unpaired) electrons. The number of nitrogens with one attached hydrogen (secondary N) is 1. The average Bonchev–Trinajstić information content (AvgIpc) is 3.17. The second-order valence-corrected chi connectivity index (χ2v) is 7.21. The molecule has 1 saturated carbocycles. The van der Waals surface area contributed by atoms with Gasteiger partial charge in [0.2, 0.25) is 0 Å². The van der Waals surface area contributed by atoms with Crippen LogP contribution in [-0.4, -0.2) is 23.5 Å². The SMILES string of the molecule is Cc1oc(CNC(C)C)cc1CN(CCC(C)C)C1CC1. The van der Waals surface area contributed by atoms with Gasteiger partial charge in [0.1, 0.15) is 11.5 Å². The van der Waals surface area contributed by atoms with E-state index < -0.39 is 0 Å². The van der Waals surface area contributed by atoms with E-state index in [0.29, 0.717) is 6.04 Å². The first-order valence-corrected chi connectivity index (χ1v) is 8.51. The minimum Gasteiger partial charge on any atom is -0.465 e. The van der Waals surface area contributed by atoms with Crippen LogP contribution in [0.2, 0.25) is 0 Å². The van der Waals surface area contributed by atoms with Crippen molar-refractivity contribution < 1.29 is 4.42 Å². The van der Waals surface area contributed by atoms with E-state index in [2.05, 4.69) is 50.9 Å². The summed E-state index contributed by atoms with van der Waals surface area (Å²) >= 11 is 0. The fraction of sp³-hybridized carbons (Fsp3) is 0.778. The molecule has 3 nitrogen and oxygen atoms in total. The third kappa shape index (κ3) is 5.48. The molecule has 0 atom stereocenters. The Morgan fingerprint density at radius 3 is 2.57 bits per heavy atom. The molecule has 1 N–H and O–H groups in total. The quantitative estimate of drug-likeness (QED) is 0.743. The molecule has 0 spiro atoms. The zero-order valence-electron chi connectivity index (χ0n) is 14.4. The number of aryl methyl sites for hydroxylation is 1. The van der Waals surface area contributed by atoms with E-state index in [1.54, 1.807) is 0 Å². The summed E-state index contributed by atoms with van der Waals surface area (Å²) in [5, 5.41) is 3.42. The Labute approximate surface area is 130 Å². The smallest absolute Gasteiger partial charge is 0.118 e. The zero-order valence-corrected chi connectivity index (χ0v) is 14.4. The topological polar surface area (TPSA) is 28.4 Å². The van der Waals surface area contributed by atoms with E-state index in [-0.39, 0.29) is 0 Å². The summed E-state index contributed by atoms with van der Waals surface area (Å²) in [6.07, 6.45) is 4.03. The maximum atomic E-state index is 5.90. The van der Waals surface area contributed by atoms with Gasteiger partial charge in [0, 0.05) is 24.2 Å². The maximum Gasteiger partial charge on any atom is 0.118 e. The van der Waals surface area contributed by atoms with Gasteiger partial charge < -0.3 is 9.73 Å². The molecule has 21 heavy (non-hydrogen) atoms. The van der Waals surface area contributed by atoms with E-state index in [0.717, 1.165) is 36.6 Å². The van der Waals surface area contributed by atoms with Crippen molar-refractivity contribution in [1.29, 1.82) is 0 Å². The van der Waals surface area contributed by atoms with Gasteiger partial charge in [-0.15, -0.1) is 0 Å². The van der Waals surface area contributed by atoms with Crippen LogP contribution < -0.4 is 5.32 Å². The Hall–Kier alpha value is -0.800. The van der Waals surface area contributed by atoms with Crippen LogP contribution in [0, 0.1) is 12.8 Å². The normalized spacial score (nSPS) is 15.6. The number of hydrogen-bond donors (Lipinski definition) is 1. The number of furan rings is 1. The molecular weight excluding hydrogens is 260 g/mol. The lowest BCUT2D eigenvalue weighted by Gasteiger charge is -2.22. The van der Waals surface area contributed by atoms with Gasteiger partial charge in [0.25, 0.3) is 0 Å². The minimum atomic E-state index is 0.493. The second kappa shape index (κ2) is 7.46. The van der Waals surface area contributed by atoms with Crippen molar-refractivity contribution in [2.24, 2.45) is 5.92 Å². The van der Waals surface area contributed by atoms with Crippen LogP contribution in [0.4, 0.5) is 0 Å². The van der Waals surface area contributed by atoms with E-state index in [1.807, 2.05) is 0 Å². The predicted molar refractivity (Wildman–Crippen MR) is 88.3 cm³/mol. The molecule has 1 aliphatic rings. The van der Waals surface area contributed by atoms with Crippen LogP contribution >= 0.6 is 0 Å². The third-order valence-electron chi connectivity index (χ3n) is 4.19.